The molecule has 0 spiro atoms. The van der Waals surface area contributed by atoms with Gasteiger partial charge in [0, 0.05) is 51.3 Å². The van der Waals surface area contributed by atoms with E-state index in [0.29, 0.717) is 61.9 Å². The monoisotopic (exact) mass is 539 g/mol. The van der Waals surface area contributed by atoms with Gasteiger partial charge in [-0.1, -0.05) is 43.1 Å². The highest BCUT2D eigenvalue weighted by molar-refractivity contribution is 7.99. The third kappa shape index (κ3) is 7.96. The number of carbonyl (C=O) groups is 3. The second kappa shape index (κ2) is 14.0. The molecule has 2 saturated heterocycles. The van der Waals surface area contributed by atoms with Crippen molar-refractivity contribution in [2.45, 2.75) is 70.5 Å². The quantitative estimate of drug-likeness (QED) is 0.146. The summed E-state index contributed by atoms with van der Waals surface area (Å²) in [5.41, 5.74) is 0. The molecule has 0 N–H and O–H groups in total. The summed E-state index contributed by atoms with van der Waals surface area (Å²) in [4.78, 5) is 52.3. The number of aromatic nitrogens is 2. The fourth-order valence-corrected chi connectivity index (χ4v) is 5.68. The van der Waals surface area contributed by atoms with Crippen LogP contribution in [0, 0.1) is 5.92 Å². The van der Waals surface area contributed by atoms with Gasteiger partial charge in [0.1, 0.15) is 11.0 Å². The van der Waals surface area contributed by atoms with E-state index in [4.69, 9.17) is 16.3 Å². The van der Waals surface area contributed by atoms with Gasteiger partial charge in [-0.15, -0.1) is 0 Å². The van der Waals surface area contributed by atoms with Crippen molar-refractivity contribution in [1.82, 2.24) is 19.8 Å². The summed E-state index contributed by atoms with van der Waals surface area (Å²) < 4.78 is 5.13. The van der Waals surface area contributed by atoms with Crippen LogP contribution in [0.3, 0.4) is 0 Å². The molecule has 3 heterocycles. The van der Waals surface area contributed by atoms with E-state index in [-0.39, 0.29) is 35.5 Å². The van der Waals surface area contributed by atoms with E-state index >= 15 is 0 Å². The van der Waals surface area contributed by atoms with E-state index in [1.165, 1.54) is 11.8 Å². The van der Waals surface area contributed by atoms with Crippen molar-refractivity contribution in [2.24, 2.45) is 5.92 Å². The van der Waals surface area contributed by atoms with Crippen LogP contribution in [0.1, 0.15) is 59.3 Å². The van der Waals surface area contributed by atoms with Crippen LogP contribution in [-0.2, 0) is 19.1 Å². The number of piperazine rings is 1. The van der Waals surface area contributed by atoms with Gasteiger partial charge in [0.2, 0.25) is 11.8 Å². The molecule has 200 valence electrons. The molecule has 1 aromatic rings. The Morgan fingerprint density at radius 2 is 1.92 bits per heavy atom. The van der Waals surface area contributed by atoms with Crippen LogP contribution in [0.5, 0.6) is 0 Å². The smallest absolute Gasteiger partial charge is 0.310 e. The Morgan fingerprint density at radius 1 is 1.11 bits per heavy atom. The largest absolute Gasteiger partial charge is 0.466 e. The minimum atomic E-state index is -0.263. The number of hydrogen-bond acceptors (Lipinski definition) is 8. The number of thioether (sulfide) groups is 1. The maximum absolute atomic E-state index is 12.8. The molecule has 0 radical (unpaired) electrons. The van der Waals surface area contributed by atoms with Crippen LogP contribution < -0.4 is 4.90 Å². The van der Waals surface area contributed by atoms with E-state index in [1.807, 2.05) is 4.90 Å². The number of amides is 2. The molecule has 0 aromatic carbocycles. The first-order chi connectivity index (χ1) is 17.3. The van der Waals surface area contributed by atoms with Gasteiger partial charge in [0.25, 0.3) is 0 Å². The predicted molar refractivity (Wildman–Crippen MR) is 141 cm³/mol. The van der Waals surface area contributed by atoms with E-state index < -0.39 is 0 Å². The topological polar surface area (TPSA) is 95.9 Å². The average Bonchev–Trinajstić information content (AvgIpc) is 2.87. The molecule has 2 amide bonds. The third-order valence-electron chi connectivity index (χ3n) is 6.65. The number of ether oxygens (including phenoxy) is 1. The van der Waals surface area contributed by atoms with Gasteiger partial charge in [-0.25, -0.2) is 9.97 Å². The van der Waals surface area contributed by atoms with Crippen molar-refractivity contribution in [3.05, 3.63) is 11.2 Å². The van der Waals surface area contributed by atoms with Crippen molar-refractivity contribution in [1.29, 1.82) is 0 Å². The normalized spacial score (nSPS) is 20.4. The Morgan fingerprint density at radius 3 is 2.64 bits per heavy atom. The molecular formula is C25H38ClN5O4S. The summed E-state index contributed by atoms with van der Waals surface area (Å²) in [7, 11) is 0. The molecule has 11 heteroatoms. The minimum absolute atomic E-state index is 0.0528. The van der Waals surface area contributed by atoms with Gasteiger partial charge < -0.3 is 19.4 Å². The lowest BCUT2D eigenvalue weighted by Gasteiger charge is -2.40. The molecule has 9 nitrogen and oxygen atoms in total. The van der Waals surface area contributed by atoms with Gasteiger partial charge in [0.05, 0.1) is 18.3 Å². The van der Waals surface area contributed by atoms with E-state index in [9.17, 15) is 14.4 Å². The van der Waals surface area contributed by atoms with Crippen molar-refractivity contribution in [3.63, 3.8) is 0 Å². The Kier molecular flexibility index (Phi) is 11.1. The lowest BCUT2D eigenvalue weighted by molar-refractivity contribution is -0.151. The zero-order valence-corrected chi connectivity index (χ0v) is 23.2. The van der Waals surface area contributed by atoms with E-state index in [1.54, 1.807) is 17.9 Å². The maximum atomic E-state index is 12.8. The summed E-state index contributed by atoms with van der Waals surface area (Å²) in [6, 6.07) is 1.80. The summed E-state index contributed by atoms with van der Waals surface area (Å²) in [5.74, 6) is 0.543. The molecule has 0 aliphatic carbocycles. The van der Waals surface area contributed by atoms with Gasteiger partial charge in [-0.05, 0) is 33.1 Å². The van der Waals surface area contributed by atoms with Crippen molar-refractivity contribution >= 4 is 47.0 Å². The predicted octanol–water partition coefficient (Wildman–Crippen LogP) is 3.64. The fraction of sp³-hybridized carbons (Fsp3) is 0.720. The van der Waals surface area contributed by atoms with Crippen molar-refractivity contribution in [3.8, 4) is 0 Å². The molecule has 3 rings (SSSR count). The highest BCUT2D eigenvalue weighted by Gasteiger charge is 2.30. The van der Waals surface area contributed by atoms with Gasteiger partial charge in [0.15, 0.2) is 5.16 Å². The SMILES string of the molecule is CCCCCC(=O)N1CCN(c2cc(Cl)nc(SCC(=O)N3CCCC(C(=O)OCC)C3)n2)CC1C. The number of rotatable bonds is 10. The summed E-state index contributed by atoms with van der Waals surface area (Å²) in [6.07, 6.45) is 5.23. The zero-order chi connectivity index (χ0) is 26.1. The first-order valence-electron chi connectivity index (χ1n) is 13.0. The first kappa shape index (κ1) is 28.5. The lowest BCUT2D eigenvalue weighted by atomic mass is 9.98. The van der Waals surface area contributed by atoms with Crippen LogP contribution >= 0.6 is 23.4 Å². The molecular weight excluding hydrogens is 502 g/mol. The summed E-state index contributed by atoms with van der Waals surface area (Å²) in [5, 5.41) is 0.761. The number of piperidine rings is 1. The first-order valence-corrected chi connectivity index (χ1v) is 14.3. The third-order valence-corrected chi connectivity index (χ3v) is 7.67. The second-order valence-corrected chi connectivity index (χ2v) is 10.7. The molecule has 0 saturated carbocycles. The molecule has 2 aliphatic heterocycles. The lowest BCUT2D eigenvalue weighted by Crippen LogP contribution is -2.54. The maximum Gasteiger partial charge on any atom is 0.310 e. The molecule has 2 fully saturated rings. The van der Waals surface area contributed by atoms with Crippen LogP contribution in [-0.4, -0.2) is 88.7 Å². The number of esters is 1. The number of anilines is 1. The molecule has 2 atom stereocenters. The Labute approximate surface area is 223 Å². The standard InChI is InChI=1S/C25H38ClN5O4S/c1-4-6-7-10-22(32)31-13-12-29(15-18(31)3)21-14-20(26)27-25(28-21)36-17-23(33)30-11-8-9-19(16-30)24(34)35-5-2/h14,18-19H,4-13,15-17H2,1-3H3. The van der Waals surface area contributed by atoms with Gasteiger partial charge in [-0.2, -0.15) is 0 Å². The van der Waals surface area contributed by atoms with Crippen LogP contribution in [0.2, 0.25) is 5.15 Å². The number of halogens is 1. The van der Waals surface area contributed by atoms with Gasteiger partial charge in [-0.3, -0.25) is 14.4 Å². The number of likely N-dealkylation sites (tertiary alicyclic amines) is 1. The zero-order valence-electron chi connectivity index (χ0n) is 21.6. The molecule has 2 aliphatic rings. The van der Waals surface area contributed by atoms with E-state index in [2.05, 4.69) is 28.7 Å². The van der Waals surface area contributed by atoms with Crippen LogP contribution in [0.4, 0.5) is 5.82 Å². The van der Waals surface area contributed by atoms with E-state index in [0.717, 1.165) is 32.1 Å². The van der Waals surface area contributed by atoms with Gasteiger partial charge >= 0.3 is 5.97 Å². The Balaban J connectivity index is 1.55. The highest BCUT2D eigenvalue weighted by atomic mass is 35.5. The summed E-state index contributed by atoms with van der Waals surface area (Å²) in [6.45, 7) is 9.33. The average molecular weight is 540 g/mol. The molecule has 0 bridgehead atoms. The van der Waals surface area contributed by atoms with Crippen LogP contribution in [0.25, 0.3) is 0 Å². The van der Waals surface area contributed by atoms with Crippen molar-refractivity contribution in [2.75, 3.05) is 50.0 Å². The minimum Gasteiger partial charge on any atom is -0.466 e. The molecule has 1 aromatic heterocycles. The van der Waals surface area contributed by atoms with Crippen LogP contribution in [0.15, 0.2) is 11.2 Å². The number of hydrogen-bond donors (Lipinski definition) is 0. The fourth-order valence-electron chi connectivity index (χ4n) is 4.69. The molecule has 2 unspecified atom stereocenters. The molecule has 36 heavy (non-hydrogen) atoms. The number of unbranched alkanes of at least 4 members (excludes halogenated alkanes) is 2. The Bertz CT molecular complexity index is 920. The Hall–Kier alpha value is -2.07. The highest BCUT2D eigenvalue weighted by Crippen LogP contribution is 2.25. The summed E-state index contributed by atoms with van der Waals surface area (Å²) >= 11 is 7.55. The number of carbonyl (C=O) groups excluding carboxylic acids is 3. The van der Waals surface area contributed by atoms with Crippen molar-refractivity contribution < 1.29 is 19.1 Å². The second-order valence-electron chi connectivity index (χ2n) is 9.39. The number of nitrogens with zero attached hydrogens (tertiary/aromatic N) is 5.